The van der Waals surface area contributed by atoms with Crippen LogP contribution in [0.3, 0.4) is 0 Å². The second kappa shape index (κ2) is 4.12. The van der Waals surface area contributed by atoms with Crippen molar-refractivity contribution in [1.82, 2.24) is 0 Å². The van der Waals surface area contributed by atoms with Crippen LogP contribution in [0.25, 0.3) is 0 Å². The molecule has 0 unspecified atom stereocenters. The molecule has 0 fully saturated rings. The van der Waals surface area contributed by atoms with Crippen molar-refractivity contribution < 1.29 is 13.6 Å². The molecule has 1 rings (SSSR count). The molecule has 70 valence electrons. The van der Waals surface area contributed by atoms with E-state index in [-0.39, 0.29) is 17.8 Å². The van der Waals surface area contributed by atoms with E-state index in [1.807, 2.05) is 0 Å². The number of carbonyl (C=O) groups is 1. The molecule has 0 heterocycles. The minimum Gasteiger partial charge on any atom is -0.299 e. The monoisotopic (exact) mass is 184 g/mol. The van der Waals surface area contributed by atoms with E-state index >= 15 is 0 Å². The van der Waals surface area contributed by atoms with Gasteiger partial charge in [0, 0.05) is 18.9 Å². The lowest BCUT2D eigenvalue weighted by Crippen LogP contribution is -2.02. The second-order valence-electron chi connectivity index (χ2n) is 2.80. The molecule has 0 radical (unpaired) electrons. The summed E-state index contributed by atoms with van der Waals surface area (Å²) in [5.41, 5.74) is 0.258. The Hall–Kier alpha value is -1.25. The molecule has 0 saturated carbocycles. The van der Waals surface area contributed by atoms with Gasteiger partial charge in [-0.05, 0) is 11.6 Å². The molecule has 0 aliphatic heterocycles. The van der Waals surface area contributed by atoms with Crippen molar-refractivity contribution in [2.75, 3.05) is 0 Å². The van der Waals surface area contributed by atoms with Gasteiger partial charge in [-0.2, -0.15) is 0 Å². The number of carbonyl (C=O) groups excluding carboxylic acids is 1. The summed E-state index contributed by atoms with van der Waals surface area (Å²) >= 11 is 0. The molecule has 0 aliphatic carbocycles. The normalized spacial score (nSPS) is 10.1. The van der Waals surface area contributed by atoms with Gasteiger partial charge in [-0.25, -0.2) is 8.78 Å². The fourth-order valence-electron chi connectivity index (χ4n) is 1.00. The minimum atomic E-state index is -0.651. The zero-order valence-electron chi connectivity index (χ0n) is 7.31. The van der Waals surface area contributed by atoms with Crippen molar-refractivity contribution >= 4 is 5.78 Å². The number of benzene rings is 1. The number of hydrogen-bond acceptors (Lipinski definition) is 1. The standard InChI is InChI=1S/C10H10F2O/c1-2-9(13)5-7-3-4-8(11)6-10(7)12/h3-4,6H,2,5H2,1H3. The molecule has 0 N–H and O–H groups in total. The Balaban J connectivity index is 2.83. The Morgan fingerprint density at radius 1 is 1.38 bits per heavy atom. The first-order valence-electron chi connectivity index (χ1n) is 4.09. The van der Waals surface area contributed by atoms with Crippen molar-refractivity contribution in [3.05, 3.63) is 35.4 Å². The van der Waals surface area contributed by atoms with Gasteiger partial charge in [-0.3, -0.25) is 4.79 Å². The summed E-state index contributed by atoms with van der Waals surface area (Å²) in [6.45, 7) is 1.71. The first-order valence-corrected chi connectivity index (χ1v) is 4.09. The van der Waals surface area contributed by atoms with Crippen LogP contribution in [0.2, 0.25) is 0 Å². The molecule has 0 atom stereocenters. The number of ketones is 1. The predicted molar refractivity (Wildman–Crippen MR) is 45.4 cm³/mol. The van der Waals surface area contributed by atoms with Crippen LogP contribution in [0.1, 0.15) is 18.9 Å². The van der Waals surface area contributed by atoms with E-state index in [0.717, 1.165) is 12.1 Å². The van der Waals surface area contributed by atoms with E-state index in [9.17, 15) is 13.6 Å². The van der Waals surface area contributed by atoms with Gasteiger partial charge < -0.3 is 0 Å². The van der Waals surface area contributed by atoms with Crippen LogP contribution in [0, 0.1) is 11.6 Å². The Kier molecular flexibility index (Phi) is 3.12. The maximum Gasteiger partial charge on any atom is 0.137 e. The maximum atomic E-state index is 13.0. The van der Waals surface area contributed by atoms with Crippen molar-refractivity contribution in [3.63, 3.8) is 0 Å². The van der Waals surface area contributed by atoms with E-state index < -0.39 is 11.6 Å². The zero-order valence-corrected chi connectivity index (χ0v) is 7.31. The van der Waals surface area contributed by atoms with E-state index in [2.05, 4.69) is 0 Å². The number of rotatable bonds is 3. The summed E-state index contributed by atoms with van der Waals surface area (Å²) in [6, 6.07) is 3.25. The molecule has 0 amide bonds. The average Bonchev–Trinajstić information content (AvgIpc) is 2.09. The fourth-order valence-corrected chi connectivity index (χ4v) is 1.00. The minimum absolute atomic E-state index is 0.0443. The van der Waals surface area contributed by atoms with Crippen LogP contribution in [0.4, 0.5) is 8.78 Å². The van der Waals surface area contributed by atoms with Gasteiger partial charge in [-0.15, -0.1) is 0 Å². The SMILES string of the molecule is CCC(=O)Cc1ccc(F)cc1F. The third kappa shape index (κ3) is 2.61. The molecule has 13 heavy (non-hydrogen) atoms. The van der Waals surface area contributed by atoms with Gasteiger partial charge in [0.05, 0.1) is 0 Å². The van der Waals surface area contributed by atoms with Crippen molar-refractivity contribution in [2.45, 2.75) is 19.8 Å². The zero-order chi connectivity index (χ0) is 9.84. The van der Waals surface area contributed by atoms with Crippen LogP contribution in [0.15, 0.2) is 18.2 Å². The Morgan fingerprint density at radius 3 is 2.62 bits per heavy atom. The molecule has 0 aromatic heterocycles. The van der Waals surface area contributed by atoms with Crippen LogP contribution in [-0.4, -0.2) is 5.78 Å². The molecule has 0 saturated heterocycles. The highest BCUT2D eigenvalue weighted by Gasteiger charge is 2.07. The van der Waals surface area contributed by atoms with Crippen LogP contribution in [-0.2, 0) is 11.2 Å². The van der Waals surface area contributed by atoms with E-state index in [0.29, 0.717) is 6.42 Å². The molecule has 1 aromatic carbocycles. The Bertz CT molecular complexity index is 321. The summed E-state index contributed by atoms with van der Waals surface area (Å²) in [7, 11) is 0. The number of Topliss-reactive ketones (excluding diaryl/α,β-unsaturated/α-hetero) is 1. The van der Waals surface area contributed by atoms with Crippen LogP contribution >= 0.6 is 0 Å². The van der Waals surface area contributed by atoms with Crippen molar-refractivity contribution in [2.24, 2.45) is 0 Å². The Labute approximate surface area is 75.4 Å². The summed E-state index contributed by atoms with van der Waals surface area (Å²) in [4.78, 5) is 11.0. The molecule has 3 heteroatoms. The van der Waals surface area contributed by atoms with Crippen molar-refractivity contribution in [3.8, 4) is 0 Å². The van der Waals surface area contributed by atoms with Gasteiger partial charge in [0.15, 0.2) is 0 Å². The van der Waals surface area contributed by atoms with Crippen molar-refractivity contribution in [1.29, 1.82) is 0 Å². The van der Waals surface area contributed by atoms with Gasteiger partial charge in [0.25, 0.3) is 0 Å². The highest BCUT2D eigenvalue weighted by atomic mass is 19.1. The highest BCUT2D eigenvalue weighted by molar-refractivity contribution is 5.80. The third-order valence-corrected chi connectivity index (χ3v) is 1.80. The summed E-state index contributed by atoms with van der Waals surface area (Å²) in [5, 5.41) is 0. The first-order chi connectivity index (χ1) is 6.13. The first kappa shape index (κ1) is 9.84. The predicted octanol–water partition coefficient (Wildman–Crippen LogP) is 2.49. The molecular weight excluding hydrogens is 174 g/mol. The van der Waals surface area contributed by atoms with E-state index in [1.165, 1.54) is 6.07 Å². The lowest BCUT2D eigenvalue weighted by atomic mass is 10.1. The van der Waals surface area contributed by atoms with E-state index in [4.69, 9.17) is 0 Å². The smallest absolute Gasteiger partial charge is 0.137 e. The number of hydrogen-bond donors (Lipinski definition) is 0. The van der Waals surface area contributed by atoms with Gasteiger partial charge in [0.2, 0.25) is 0 Å². The summed E-state index contributed by atoms with van der Waals surface area (Å²) in [5.74, 6) is -1.32. The summed E-state index contributed by atoms with van der Waals surface area (Å²) < 4.78 is 25.4. The molecule has 0 spiro atoms. The number of halogens is 2. The Morgan fingerprint density at radius 2 is 2.08 bits per heavy atom. The lowest BCUT2D eigenvalue weighted by Gasteiger charge is -2.00. The molecular formula is C10H10F2O. The van der Waals surface area contributed by atoms with Gasteiger partial charge in [-0.1, -0.05) is 13.0 Å². The molecule has 0 aliphatic rings. The summed E-state index contributed by atoms with van der Waals surface area (Å²) in [6.07, 6.45) is 0.416. The third-order valence-electron chi connectivity index (χ3n) is 1.80. The van der Waals surface area contributed by atoms with Crippen LogP contribution in [0.5, 0.6) is 0 Å². The second-order valence-corrected chi connectivity index (χ2v) is 2.80. The molecule has 1 aromatic rings. The quantitative estimate of drug-likeness (QED) is 0.705. The van der Waals surface area contributed by atoms with Crippen LogP contribution < -0.4 is 0 Å². The fraction of sp³-hybridized carbons (Fsp3) is 0.300. The van der Waals surface area contributed by atoms with E-state index in [1.54, 1.807) is 6.92 Å². The molecule has 0 bridgehead atoms. The topological polar surface area (TPSA) is 17.1 Å². The maximum absolute atomic E-state index is 13.0. The lowest BCUT2D eigenvalue weighted by molar-refractivity contribution is -0.118. The van der Waals surface area contributed by atoms with Gasteiger partial charge in [0.1, 0.15) is 17.4 Å². The average molecular weight is 184 g/mol. The highest BCUT2D eigenvalue weighted by Crippen LogP contribution is 2.10. The molecule has 1 nitrogen and oxygen atoms in total. The van der Waals surface area contributed by atoms with Gasteiger partial charge >= 0.3 is 0 Å². The largest absolute Gasteiger partial charge is 0.299 e.